The van der Waals surface area contributed by atoms with Crippen molar-refractivity contribution in [2.75, 3.05) is 5.32 Å². The van der Waals surface area contributed by atoms with E-state index in [2.05, 4.69) is 5.32 Å². The van der Waals surface area contributed by atoms with E-state index in [1.54, 1.807) is 12.1 Å². The molecule has 0 radical (unpaired) electrons. The molecule has 22 heavy (non-hydrogen) atoms. The Morgan fingerprint density at radius 3 is 2.23 bits per heavy atom. The zero-order valence-electron chi connectivity index (χ0n) is 11.0. The van der Waals surface area contributed by atoms with Crippen LogP contribution in [-0.4, -0.2) is 28.1 Å². The van der Waals surface area contributed by atoms with Gasteiger partial charge in [0.2, 0.25) is 0 Å². The number of anilines is 1. The molecular weight excluding hydrogens is 310 g/mol. The van der Waals surface area contributed by atoms with E-state index in [1.807, 2.05) is 0 Å². The molecule has 0 aliphatic rings. The molecule has 0 saturated carbocycles. The summed E-state index contributed by atoms with van der Waals surface area (Å²) in [7, 11) is 0. The van der Waals surface area contributed by atoms with Crippen molar-refractivity contribution in [3.63, 3.8) is 0 Å². The van der Waals surface area contributed by atoms with Gasteiger partial charge in [0.15, 0.2) is 0 Å². The van der Waals surface area contributed by atoms with Gasteiger partial charge in [-0.1, -0.05) is 17.7 Å². The third-order valence-electron chi connectivity index (χ3n) is 2.83. The molecule has 2 rings (SSSR count). The Morgan fingerprint density at radius 1 is 0.909 bits per heavy atom. The van der Waals surface area contributed by atoms with Gasteiger partial charge in [-0.2, -0.15) is 0 Å². The molecule has 0 spiro atoms. The lowest BCUT2D eigenvalue weighted by Crippen LogP contribution is -2.15. The summed E-state index contributed by atoms with van der Waals surface area (Å²) < 4.78 is 0. The Hall–Kier alpha value is -2.86. The molecule has 0 aromatic heterocycles. The molecule has 2 aromatic rings. The number of carboxylic acids is 2. The number of carbonyl (C=O) groups excluding carboxylic acids is 1. The van der Waals surface area contributed by atoms with Crippen molar-refractivity contribution in [2.24, 2.45) is 0 Å². The summed E-state index contributed by atoms with van der Waals surface area (Å²) in [5.41, 5.74) is -0.214. The number of nitrogens with one attached hydrogen (secondary N) is 1. The fourth-order valence-electron chi connectivity index (χ4n) is 1.79. The van der Waals surface area contributed by atoms with Gasteiger partial charge < -0.3 is 15.5 Å². The van der Waals surface area contributed by atoms with E-state index < -0.39 is 17.8 Å². The minimum absolute atomic E-state index is 0.0997. The molecule has 0 bridgehead atoms. The summed E-state index contributed by atoms with van der Waals surface area (Å²) in [5, 5.41) is 20.8. The molecule has 0 saturated heterocycles. The van der Waals surface area contributed by atoms with Crippen LogP contribution in [0.4, 0.5) is 5.69 Å². The van der Waals surface area contributed by atoms with E-state index in [4.69, 9.17) is 21.8 Å². The van der Waals surface area contributed by atoms with Crippen LogP contribution >= 0.6 is 11.6 Å². The van der Waals surface area contributed by atoms with Gasteiger partial charge in [-0.15, -0.1) is 0 Å². The fourth-order valence-corrected chi connectivity index (χ4v) is 1.98. The second-order valence-electron chi connectivity index (χ2n) is 4.34. The largest absolute Gasteiger partial charge is 0.478 e. The molecule has 3 N–H and O–H groups in total. The van der Waals surface area contributed by atoms with Crippen LogP contribution in [0.25, 0.3) is 0 Å². The summed E-state index contributed by atoms with van der Waals surface area (Å²) in [6, 6.07) is 9.45. The molecule has 0 unspecified atom stereocenters. The molecule has 112 valence electrons. The topological polar surface area (TPSA) is 104 Å². The van der Waals surface area contributed by atoms with Crippen molar-refractivity contribution in [1.29, 1.82) is 0 Å². The molecule has 2 aromatic carbocycles. The van der Waals surface area contributed by atoms with E-state index in [9.17, 15) is 14.4 Å². The third-order valence-corrected chi connectivity index (χ3v) is 3.07. The second kappa shape index (κ2) is 6.28. The number of rotatable bonds is 4. The lowest BCUT2D eigenvalue weighted by molar-refractivity contribution is 0.0682. The lowest BCUT2D eigenvalue weighted by Gasteiger charge is -2.10. The van der Waals surface area contributed by atoms with Crippen LogP contribution in [0.2, 0.25) is 5.02 Å². The highest BCUT2D eigenvalue weighted by Gasteiger charge is 2.16. The summed E-state index contributed by atoms with van der Waals surface area (Å²) in [5.74, 6) is -3.10. The predicted octanol–water partition coefficient (Wildman–Crippen LogP) is 2.99. The molecule has 0 fully saturated rings. The normalized spacial score (nSPS) is 10.0. The Morgan fingerprint density at radius 2 is 1.64 bits per heavy atom. The van der Waals surface area contributed by atoms with Crippen molar-refractivity contribution in [1.82, 2.24) is 0 Å². The zero-order valence-corrected chi connectivity index (χ0v) is 11.8. The first-order chi connectivity index (χ1) is 10.4. The van der Waals surface area contributed by atoms with Crippen molar-refractivity contribution in [2.45, 2.75) is 0 Å². The van der Waals surface area contributed by atoms with E-state index in [0.717, 1.165) is 18.2 Å². The number of carbonyl (C=O) groups is 3. The maximum atomic E-state index is 12.1. The Kier molecular flexibility index (Phi) is 4.43. The molecule has 0 atom stereocenters. The van der Waals surface area contributed by atoms with Crippen LogP contribution in [0.5, 0.6) is 0 Å². The Balaban J connectivity index is 2.38. The van der Waals surface area contributed by atoms with Gasteiger partial charge >= 0.3 is 11.9 Å². The van der Waals surface area contributed by atoms with Gasteiger partial charge in [0.1, 0.15) is 0 Å². The molecule has 1 amide bonds. The average Bonchev–Trinajstić information content (AvgIpc) is 2.46. The number of hydrogen-bond acceptors (Lipinski definition) is 3. The third kappa shape index (κ3) is 3.42. The first-order valence-electron chi connectivity index (χ1n) is 6.06. The smallest absolute Gasteiger partial charge is 0.337 e. The quantitative estimate of drug-likeness (QED) is 0.803. The first-order valence-corrected chi connectivity index (χ1v) is 6.44. The summed E-state index contributed by atoms with van der Waals surface area (Å²) in [4.78, 5) is 34.2. The molecule has 0 aliphatic carbocycles. The van der Waals surface area contributed by atoms with Crippen molar-refractivity contribution < 1.29 is 24.6 Å². The van der Waals surface area contributed by atoms with E-state index in [1.165, 1.54) is 12.1 Å². The van der Waals surface area contributed by atoms with E-state index in [0.29, 0.717) is 5.02 Å². The highest BCUT2D eigenvalue weighted by Crippen LogP contribution is 2.20. The zero-order chi connectivity index (χ0) is 16.3. The molecule has 6 nitrogen and oxygen atoms in total. The van der Waals surface area contributed by atoms with Gasteiger partial charge in [0, 0.05) is 10.6 Å². The van der Waals surface area contributed by atoms with Crippen LogP contribution in [0.1, 0.15) is 31.1 Å². The minimum atomic E-state index is -1.28. The number of halogens is 1. The minimum Gasteiger partial charge on any atom is -0.478 e. The molecular formula is C15H10ClNO5. The number of carboxylic acid groups (broad SMARTS) is 2. The number of hydrogen-bond donors (Lipinski definition) is 3. The second-order valence-corrected chi connectivity index (χ2v) is 4.77. The van der Waals surface area contributed by atoms with E-state index >= 15 is 0 Å². The maximum Gasteiger partial charge on any atom is 0.337 e. The molecule has 7 heteroatoms. The van der Waals surface area contributed by atoms with E-state index in [-0.39, 0.29) is 22.4 Å². The molecule has 0 aliphatic heterocycles. The van der Waals surface area contributed by atoms with Gasteiger partial charge in [-0.25, -0.2) is 9.59 Å². The average molecular weight is 320 g/mol. The van der Waals surface area contributed by atoms with Gasteiger partial charge in [-0.05, 0) is 36.4 Å². The predicted molar refractivity (Wildman–Crippen MR) is 79.8 cm³/mol. The van der Waals surface area contributed by atoms with Crippen LogP contribution in [-0.2, 0) is 0 Å². The Bertz CT molecular complexity index is 772. The first kappa shape index (κ1) is 15.5. The monoisotopic (exact) mass is 319 g/mol. The van der Waals surface area contributed by atoms with Crippen molar-refractivity contribution in [3.05, 3.63) is 64.2 Å². The fraction of sp³-hybridized carbons (Fsp3) is 0. The maximum absolute atomic E-state index is 12.1. The van der Waals surface area contributed by atoms with Crippen molar-refractivity contribution >= 4 is 35.1 Å². The lowest BCUT2D eigenvalue weighted by atomic mass is 10.1. The standard InChI is InChI=1S/C15H10ClNO5/c16-10-3-1-2-8(6-10)13(18)17-12-7-9(14(19)20)4-5-11(12)15(21)22/h1-7H,(H,17,18)(H,19,20)(H,21,22). The molecule has 0 heterocycles. The van der Waals surface area contributed by atoms with Crippen molar-refractivity contribution in [3.8, 4) is 0 Å². The van der Waals surface area contributed by atoms with Crippen LogP contribution in [0.3, 0.4) is 0 Å². The summed E-state index contributed by atoms with van der Waals surface area (Å²) in [6.45, 7) is 0. The summed E-state index contributed by atoms with van der Waals surface area (Å²) >= 11 is 5.79. The SMILES string of the molecule is O=C(O)c1ccc(C(=O)O)c(NC(=O)c2cccc(Cl)c2)c1. The van der Waals surface area contributed by atoms with Crippen LogP contribution in [0.15, 0.2) is 42.5 Å². The Labute approximate surface area is 130 Å². The number of benzene rings is 2. The number of amides is 1. The summed E-state index contributed by atoms with van der Waals surface area (Å²) in [6.07, 6.45) is 0. The van der Waals surface area contributed by atoms with Crippen LogP contribution < -0.4 is 5.32 Å². The number of aromatic carboxylic acids is 2. The highest BCUT2D eigenvalue weighted by atomic mass is 35.5. The van der Waals surface area contributed by atoms with Gasteiger partial charge in [-0.3, -0.25) is 4.79 Å². The van der Waals surface area contributed by atoms with Gasteiger partial charge in [0.25, 0.3) is 5.91 Å². The van der Waals surface area contributed by atoms with Gasteiger partial charge in [0.05, 0.1) is 16.8 Å². The van der Waals surface area contributed by atoms with Crippen LogP contribution in [0, 0.1) is 0 Å². The highest BCUT2D eigenvalue weighted by molar-refractivity contribution is 6.31.